The molecule has 0 radical (unpaired) electrons. The second kappa shape index (κ2) is 7.36. The minimum Gasteiger partial charge on any atom is -0.437 e. The molecule has 24 heavy (non-hydrogen) atoms. The summed E-state index contributed by atoms with van der Waals surface area (Å²) in [4.78, 5) is 9.49. The van der Waals surface area contributed by atoms with Gasteiger partial charge in [0.15, 0.2) is 0 Å². The highest BCUT2D eigenvalue weighted by Gasteiger charge is 2.12. The number of aromatic nitrogens is 2. The zero-order valence-corrected chi connectivity index (χ0v) is 14.5. The Labute approximate surface area is 146 Å². The number of benzene rings is 2. The molecular weight excluding hydrogens is 318 g/mol. The van der Waals surface area contributed by atoms with Gasteiger partial charge < -0.3 is 10.5 Å². The predicted molar refractivity (Wildman–Crippen MR) is 97.6 cm³/mol. The van der Waals surface area contributed by atoms with Crippen LogP contribution in [0.25, 0.3) is 0 Å². The van der Waals surface area contributed by atoms with Gasteiger partial charge in [0.1, 0.15) is 22.8 Å². The second-order valence-corrected chi connectivity index (χ2v) is 6.70. The van der Waals surface area contributed by atoms with Crippen molar-refractivity contribution in [2.24, 2.45) is 0 Å². The first kappa shape index (κ1) is 16.3. The van der Waals surface area contributed by atoms with E-state index in [-0.39, 0.29) is 0 Å². The fourth-order valence-corrected chi connectivity index (χ4v) is 2.97. The minimum atomic E-state index is 0.376. The molecule has 0 fully saturated rings. The van der Waals surface area contributed by atoms with E-state index in [4.69, 9.17) is 10.5 Å². The van der Waals surface area contributed by atoms with Crippen LogP contribution >= 0.6 is 11.8 Å². The number of nitrogens with zero attached hydrogens (tertiary/aromatic N) is 2. The Morgan fingerprint density at radius 2 is 1.67 bits per heavy atom. The van der Waals surface area contributed by atoms with E-state index in [2.05, 4.69) is 35.9 Å². The molecule has 0 atom stereocenters. The van der Waals surface area contributed by atoms with E-state index >= 15 is 0 Å². The van der Waals surface area contributed by atoms with E-state index < -0.39 is 0 Å². The Morgan fingerprint density at radius 1 is 0.958 bits per heavy atom. The molecule has 0 saturated carbocycles. The Balaban J connectivity index is 1.80. The third-order valence-corrected chi connectivity index (χ3v) is 4.56. The number of nitrogen functional groups attached to an aromatic ring is 1. The maximum Gasteiger partial charge on any atom is 0.247 e. The zero-order valence-electron chi connectivity index (χ0n) is 13.6. The molecule has 0 unspecified atom stereocenters. The van der Waals surface area contributed by atoms with Gasteiger partial charge in [0.25, 0.3) is 0 Å². The molecule has 1 heterocycles. The van der Waals surface area contributed by atoms with Gasteiger partial charge in [-0.1, -0.05) is 55.9 Å². The fourth-order valence-electron chi connectivity index (χ4n) is 2.16. The predicted octanol–water partition coefficient (Wildman–Crippen LogP) is 5.13. The van der Waals surface area contributed by atoms with E-state index in [1.54, 1.807) is 0 Å². The van der Waals surface area contributed by atoms with Crippen LogP contribution in [0, 0.1) is 0 Å². The van der Waals surface area contributed by atoms with Crippen LogP contribution in [-0.4, -0.2) is 9.97 Å². The summed E-state index contributed by atoms with van der Waals surface area (Å²) in [6.45, 7) is 4.32. The van der Waals surface area contributed by atoms with Gasteiger partial charge in [0, 0.05) is 4.90 Å². The molecule has 5 heteroatoms. The van der Waals surface area contributed by atoms with Crippen molar-refractivity contribution in [2.75, 3.05) is 5.73 Å². The lowest BCUT2D eigenvalue weighted by Gasteiger charge is -2.11. The number of anilines is 1. The summed E-state index contributed by atoms with van der Waals surface area (Å²) in [7, 11) is 0. The molecule has 0 aliphatic carbocycles. The molecule has 0 spiro atoms. The van der Waals surface area contributed by atoms with Gasteiger partial charge in [-0.15, -0.1) is 0 Å². The number of nitrogens with two attached hydrogens (primary N) is 1. The largest absolute Gasteiger partial charge is 0.437 e. The van der Waals surface area contributed by atoms with Gasteiger partial charge >= 0.3 is 0 Å². The Bertz CT molecular complexity index is 805. The Hall–Kier alpha value is -2.53. The zero-order chi connectivity index (χ0) is 16.9. The highest BCUT2D eigenvalue weighted by atomic mass is 32.2. The first-order valence-electron chi connectivity index (χ1n) is 7.74. The van der Waals surface area contributed by atoms with Gasteiger partial charge in [-0.25, -0.2) is 4.98 Å². The van der Waals surface area contributed by atoms with Crippen molar-refractivity contribution in [2.45, 2.75) is 29.7 Å². The standard InChI is InChI=1S/C19H19N3OS/c1-13(2)14-8-10-15(11-9-14)23-18-17(20)19(22-12-21-18)24-16-6-4-3-5-7-16/h3-13H,20H2,1-2H3. The summed E-state index contributed by atoms with van der Waals surface area (Å²) in [5.41, 5.74) is 7.89. The topological polar surface area (TPSA) is 61.0 Å². The van der Waals surface area contributed by atoms with Crippen LogP contribution in [0.3, 0.4) is 0 Å². The highest BCUT2D eigenvalue weighted by Crippen LogP contribution is 2.35. The summed E-state index contributed by atoms with van der Waals surface area (Å²) in [6.07, 6.45) is 1.47. The number of hydrogen-bond donors (Lipinski definition) is 1. The van der Waals surface area contributed by atoms with Crippen LogP contribution in [0.15, 0.2) is 70.8 Å². The van der Waals surface area contributed by atoms with Crippen molar-refractivity contribution in [1.82, 2.24) is 9.97 Å². The molecule has 3 rings (SSSR count). The summed E-state index contributed by atoms with van der Waals surface area (Å²) in [5.74, 6) is 1.57. The molecule has 0 saturated heterocycles. The van der Waals surface area contributed by atoms with Crippen molar-refractivity contribution < 1.29 is 4.74 Å². The maximum atomic E-state index is 6.19. The fraction of sp³-hybridized carbons (Fsp3) is 0.158. The van der Waals surface area contributed by atoms with Crippen LogP contribution in [0.2, 0.25) is 0 Å². The van der Waals surface area contributed by atoms with Crippen molar-refractivity contribution in [3.05, 3.63) is 66.5 Å². The van der Waals surface area contributed by atoms with Gasteiger partial charge in [-0.2, -0.15) is 4.98 Å². The molecule has 1 aromatic heterocycles. The maximum absolute atomic E-state index is 6.19. The minimum absolute atomic E-state index is 0.376. The smallest absolute Gasteiger partial charge is 0.247 e. The van der Waals surface area contributed by atoms with Gasteiger partial charge in [-0.3, -0.25) is 0 Å². The lowest BCUT2D eigenvalue weighted by atomic mass is 10.0. The van der Waals surface area contributed by atoms with Crippen LogP contribution in [-0.2, 0) is 0 Å². The molecule has 2 N–H and O–H groups in total. The molecular formula is C19H19N3OS. The Morgan fingerprint density at radius 3 is 2.33 bits per heavy atom. The van der Waals surface area contributed by atoms with Crippen LogP contribution in [0.5, 0.6) is 11.6 Å². The molecule has 0 bridgehead atoms. The van der Waals surface area contributed by atoms with Gasteiger partial charge in [-0.05, 0) is 35.7 Å². The average Bonchev–Trinajstić information content (AvgIpc) is 2.60. The van der Waals surface area contributed by atoms with E-state index in [1.807, 2.05) is 42.5 Å². The average molecular weight is 337 g/mol. The highest BCUT2D eigenvalue weighted by molar-refractivity contribution is 7.99. The van der Waals surface area contributed by atoms with Gasteiger partial charge in [0.05, 0.1) is 0 Å². The third kappa shape index (κ3) is 3.86. The van der Waals surface area contributed by atoms with Crippen LogP contribution in [0.1, 0.15) is 25.3 Å². The SMILES string of the molecule is CC(C)c1ccc(Oc2ncnc(Sc3ccccc3)c2N)cc1. The molecule has 0 aliphatic rings. The number of rotatable bonds is 5. The number of ether oxygens (including phenoxy) is 1. The van der Waals surface area contributed by atoms with Gasteiger partial charge in [0.2, 0.25) is 5.88 Å². The second-order valence-electron chi connectivity index (χ2n) is 5.64. The number of hydrogen-bond acceptors (Lipinski definition) is 5. The monoisotopic (exact) mass is 337 g/mol. The van der Waals surface area contributed by atoms with E-state index in [1.165, 1.54) is 23.7 Å². The third-order valence-electron chi connectivity index (χ3n) is 3.53. The quantitative estimate of drug-likeness (QED) is 0.654. The van der Waals surface area contributed by atoms with Crippen molar-refractivity contribution in [1.29, 1.82) is 0 Å². The molecule has 0 aliphatic heterocycles. The molecule has 2 aromatic carbocycles. The summed E-state index contributed by atoms with van der Waals surface area (Å²) in [6, 6.07) is 17.9. The van der Waals surface area contributed by atoms with Crippen molar-refractivity contribution in [3.8, 4) is 11.6 Å². The molecule has 122 valence electrons. The molecule has 4 nitrogen and oxygen atoms in total. The van der Waals surface area contributed by atoms with Crippen molar-refractivity contribution in [3.63, 3.8) is 0 Å². The molecule has 0 amide bonds. The summed E-state index contributed by atoms with van der Waals surface area (Å²) in [5, 5.41) is 0.685. The van der Waals surface area contributed by atoms with E-state index in [0.29, 0.717) is 28.3 Å². The van der Waals surface area contributed by atoms with Crippen LogP contribution in [0.4, 0.5) is 5.69 Å². The van der Waals surface area contributed by atoms with E-state index in [9.17, 15) is 0 Å². The first-order chi connectivity index (χ1) is 11.6. The first-order valence-corrected chi connectivity index (χ1v) is 8.56. The van der Waals surface area contributed by atoms with Crippen molar-refractivity contribution >= 4 is 17.4 Å². The lowest BCUT2D eigenvalue weighted by Crippen LogP contribution is -1.99. The van der Waals surface area contributed by atoms with Crippen LogP contribution < -0.4 is 10.5 Å². The summed E-state index contributed by atoms with van der Waals surface area (Å²) < 4.78 is 5.83. The van der Waals surface area contributed by atoms with E-state index in [0.717, 1.165) is 4.90 Å². The lowest BCUT2D eigenvalue weighted by molar-refractivity contribution is 0.462. The Kier molecular flexibility index (Phi) is 5.01. The molecule has 3 aromatic rings. The summed E-state index contributed by atoms with van der Waals surface area (Å²) >= 11 is 1.49. The normalized spacial score (nSPS) is 10.8.